The van der Waals surface area contributed by atoms with Crippen molar-refractivity contribution in [1.29, 1.82) is 0 Å². The third-order valence-electron chi connectivity index (χ3n) is 4.51. The van der Waals surface area contributed by atoms with Crippen molar-refractivity contribution in [3.63, 3.8) is 0 Å². The SMILES string of the molecule is COc1cc(CCN(C)CCOc2ccc(NS(C)(=O)=O)cc2Cl)c([N+](=O)[O-])cc1OC. The van der Waals surface area contributed by atoms with Crippen LogP contribution in [0.5, 0.6) is 17.2 Å². The number of likely N-dealkylation sites (N-methyl/N-ethyl adjacent to an activating group) is 1. The number of nitrogens with one attached hydrogen (secondary N) is 1. The molecule has 2 aromatic carbocycles. The van der Waals surface area contributed by atoms with E-state index in [1.165, 1.54) is 26.4 Å². The maximum absolute atomic E-state index is 11.4. The van der Waals surface area contributed by atoms with Gasteiger partial charge in [-0.05, 0) is 37.7 Å². The number of hydrogen-bond acceptors (Lipinski definition) is 8. The Kier molecular flexibility index (Phi) is 8.93. The van der Waals surface area contributed by atoms with Crippen LogP contribution in [0.1, 0.15) is 5.56 Å². The summed E-state index contributed by atoms with van der Waals surface area (Å²) in [7, 11) is 1.38. The highest BCUT2D eigenvalue weighted by Crippen LogP contribution is 2.34. The standard InChI is InChI=1S/C20H26ClN3O7S/c1-23(8-7-14-11-19(29-2)20(30-3)13-17(14)24(25)26)9-10-31-18-6-5-15(12-16(18)21)22-32(4,27)28/h5-6,11-13,22H,7-10H2,1-4H3. The molecule has 10 nitrogen and oxygen atoms in total. The lowest BCUT2D eigenvalue weighted by Gasteiger charge is -2.18. The Morgan fingerprint density at radius 3 is 2.31 bits per heavy atom. The molecule has 0 aliphatic rings. The molecule has 1 N–H and O–H groups in total. The zero-order valence-corrected chi connectivity index (χ0v) is 19.8. The Hall–Kier alpha value is -2.76. The molecule has 12 heteroatoms. The van der Waals surface area contributed by atoms with Crippen molar-refractivity contribution in [2.24, 2.45) is 0 Å². The Labute approximate surface area is 192 Å². The van der Waals surface area contributed by atoms with Gasteiger partial charge in [-0.15, -0.1) is 0 Å². The van der Waals surface area contributed by atoms with E-state index < -0.39 is 14.9 Å². The molecule has 0 spiro atoms. The Morgan fingerprint density at radius 1 is 1.09 bits per heavy atom. The van der Waals surface area contributed by atoms with Crippen LogP contribution in [0.2, 0.25) is 5.02 Å². The molecule has 2 aromatic rings. The first-order valence-corrected chi connectivity index (χ1v) is 11.8. The number of hydrogen-bond donors (Lipinski definition) is 1. The van der Waals surface area contributed by atoms with Gasteiger partial charge in [0.05, 0.1) is 42.2 Å². The van der Waals surface area contributed by atoms with E-state index in [0.29, 0.717) is 54.6 Å². The molecule has 0 atom stereocenters. The van der Waals surface area contributed by atoms with Crippen LogP contribution >= 0.6 is 11.6 Å². The first-order chi connectivity index (χ1) is 15.0. The predicted molar refractivity (Wildman–Crippen MR) is 123 cm³/mol. The smallest absolute Gasteiger partial charge is 0.276 e. The summed E-state index contributed by atoms with van der Waals surface area (Å²) in [4.78, 5) is 12.9. The van der Waals surface area contributed by atoms with Gasteiger partial charge in [-0.1, -0.05) is 11.6 Å². The summed E-state index contributed by atoms with van der Waals surface area (Å²) >= 11 is 6.16. The molecule has 176 valence electrons. The highest BCUT2D eigenvalue weighted by Gasteiger charge is 2.19. The maximum atomic E-state index is 11.4. The zero-order chi connectivity index (χ0) is 23.9. The largest absolute Gasteiger partial charge is 0.493 e. The minimum Gasteiger partial charge on any atom is -0.493 e. The highest BCUT2D eigenvalue weighted by atomic mass is 35.5. The molecule has 0 bridgehead atoms. The van der Waals surface area contributed by atoms with Crippen LogP contribution in [0, 0.1) is 10.1 Å². The van der Waals surface area contributed by atoms with Crippen LogP contribution in [0.25, 0.3) is 0 Å². The number of ether oxygens (including phenoxy) is 3. The molecule has 0 heterocycles. The minimum atomic E-state index is -3.39. The number of anilines is 1. The van der Waals surface area contributed by atoms with E-state index >= 15 is 0 Å². The highest BCUT2D eigenvalue weighted by molar-refractivity contribution is 7.92. The van der Waals surface area contributed by atoms with Gasteiger partial charge in [0, 0.05) is 18.7 Å². The van der Waals surface area contributed by atoms with Gasteiger partial charge in [-0.25, -0.2) is 8.42 Å². The fourth-order valence-corrected chi connectivity index (χ4v) is 3.70. The van der Waals surface area contributed by atoms with E-state index in [-0.39, 0.29) is 10.7 Å². The Bertz CT molecular complexity index is 1060. The predicted octanol–water partition coefficient (Wildman–Crippen LogP) is 3.19. The van der Waals surface area contributed by atoms with Crippen LogP contribution < -0.4 is 18.9 Å². The molecule has 0 saturated heterocycles. The van der Waals surface area contributed by atoms with Gasteiger partial charge in [-0.2, -0.15) is 0 Å². The minimum absolute atomic E-state index is 0.0260. The summed E-state index contributed by atoms with van der Waals surface area (Å²) in [5.74, 6) is 1.16. The third kappa shape index (κ3) is 7.43. The lowest BCUT2D eigenvalue weighted by atomic mass is 10.1. The molecule has 32 heavy (non-hydrogen) atoms. The summed E-state index contributed by atoms with van der Waals surface area (Å²) in [6, 6.07) is 7.59. The number of rotatable bonds is 12. The van der Waals surface area contributed by atoms with Gasteiger partial charge in [0.1, 0.15) is 12.4 Å². The first kappa shape index (κ1) is 25.5. The molecule has 0 amide bonds. The van der Waals surface area contributed by atoms with Crippen LogP contribution in [0.3, 0.4) is 0 Å². The molecule has 0 unspecified atom stereocenters. The molecule has 0 radical (unpaired) electrons. The number of halogens is 1. The number of nitro groups is 1. The molecule has 0 aliphatic heterocycles. The molecule has 0 saturated carbocycles. The van der Waals surface area contributed by atoms with Crippen LogP contribution in [-0.4, -0.2) is 65.5 Å². The third-order valence-corrected chi connectivity index (χ3v) is 5.41. The number of benzene rings is 2. The van der Waals surface area contributed by atoms with E-state index in [0.717, 1.165) is 6.26 Å². The monoisotopic (exact) mass is 487 g/mol. The van der Waals surface area contributed by atoms with Gasteiger partial charge in [0.2, 0.25) is 10.0 Å². The van der Waals surface area contributed by atoms with Crippen molar-refractivity contribution in [3.05, 3.63) is 51.0 Å². The fraction of sp³-hybridized carbons (Fsp3) is 0.400. The quantitative estimate of drug-likeness (QED) is 0.358. The Morgan fingerprint density at radius 2 is 1.75 bits per heavy atom. The molecular weight excluding hydrogens is 462 g/mol. The molecule has 0 aromatic heterocycles. The summed E-state index contributed by atoms with van der Waals surface area (Å²) in [5.41, 5.74) is 0.859. The summed E-state index contributed by atoms with van der Waals surface area (Å²) < 4.78 is 41.0. The van der Waals surface area contributed by atoms with E-state index in [9.17, 15) is 18.5 Å². The lowest BCUT2D eigenvalue weighted by molar-refractivity contribution is -0.385. The zero-order valence-electron chi connectivity index (χ0n) is 18.3. The van der Waals surface area contributed by atoms with Gasteiger partial charge < -0.3 is 19.1 Å². The fourth-order valence-electron chi connectivity index (χ4n) is 2.91. The number of nitro benzene ring substituents is 1. The number of nitrogens with zero attached hydrogens (tertiary/aromatic N) is 2. The van der Waals surface area contributed by atoms with Crippen LogP contribution in [0.15, 0.2) is 30.3 Å². The Balaban J connectivity index is 1.93. The van der Waals surface area contributed by atoms with Crippen molar-refractivity contribution in [2.75, 3.05) is 51.9 Å². The van der Waals surface area contributed by atoms with Gasteiger partial charge in [0.25, 0.3) is 5.69 Å². The van der Waals surface area contributed by atoms with Crippen molar-refractivity contribution in [1.82, 2.24) is 4.90 Å². The maximum Gasteiger partial charge on any atom is 0.276 e. The second-order valence-electron chi connectivity index (χ2n) is 7.01. The van der Waals surface area contributed by atoms with Crippen LogP contribution in [0.4, 0.5) is 11.4 Å². The molecule has 0 fully saturated rings. The number of sulfonamides is 1. The van der Waals surface area contributed by atoms with E-state index in [2.05, 4.69) is 4.72 Å². The van der Waals surface area contributed by atoms with Crippen molar-refractivity contribution >= 4 is 33.0 Å². The topological polar surface area (TPSA) is 120 Å². The summed E-state index contributed by atoms with van der Waals surface area (Å²) in [5, 5.41) is 11.7. The summed E-state index contributed by atoms with van der Waals surface area (Å²) in [6.45, 7) is 1.41. The van der Waals surface area contributed by atoms with Crippen molar-refractivity contribution in [3.8, 4) is 17.2 Å². The number of methoxy groups -OCH3 is 2. The molecule has 0 aliphatic carbocycles. The van der Waals surface area contributed by atoms with Gasteiger partial charge in [0.15, 0.2) is 11.5 Å². The lowest BCUT2D eigenvalue weighted by Crippen LogP contribution is -2.26. The molecule has 2 rings (SSSR count). The van der Waals surface area contributed by atoms with E-state index in [1.54, 1.807) is 18.2 Å². The second kappa shape index (κ2) is 11.2. The normalized spacial score (nSPS) is 11.3. The van der Waals surface area contributed by atoms with Gasteiger partial charge >= 0.3 is 0 Å². The average Bonchev–Trinajstić information content (AvgIpc) is 2.71. The van der Waals surface area contributed by atoms with Crippen molar-refractivity contribution < 1.29 is 27.6 Å². The molecular formula is C20H26ClN3O7S. The van der Waals surface area contributed by atoms with E-state index in [4.69, 9.17) is 25.8 Å². The van der Waals surface area contributed by atoms with Gasteiger partial charge in [-0.3, -0.25) is 14.8 Å². The first-order valence-electron chi connectivity index (χ1n) is 9.52. The van der Waals surface area contributed by atoms with Crippen molar-refractivity contribution in [2.45, 2.75) is 6.42 Å². The van der Waals surface area contributed by atoms with E-state index in [1.807, 2.05) is 11.9 Å². The van der Waals surface area contributed by atoms with Crippen LogP contribution in [-0.2, 0) is 16.4 Å². The summed E-state index contributed by atoms with van der Waals surface area (Å²) in [6.07, 6.45) is 1.48. The average molecular weight is 488 g/mol. The second-order valence-corrected chi connectivity index (χ2v) is 9.17.